The number of nitrogens with zero attached hydrogens (tertiary/aromatic N) is 2. The molecule has 0 bridgehead atoms. The molecule has 2 fully saturated rings. The van der Waals surface area contributed by atoms with Crippen LogP contribution < -0.4 is 5.69 Å². The summed E-state index contributed by atoms with van der Waals surface area (Å²) in [5.41, 5.74) is -0.752. The average molecular weight is 304 g/mol. The monoisotopic (exact) mass is 304 g/mol. The van der Waals surface area contributed by atoms with E-state index in [1.807, 2.05) is 0 Å². The summed E-state index contributed by atoms with van der Waals surface area (Å²) in [5.74, 6) is -0.411. The zero-order chi connectivity index (χ0) is 14.5. The van der Waals surface area contributed by atoms with E-state index in [1.165, 1.54) is 19.8 Å². The number of hydrogen-bond donors (Lipinski definition) is 3. The molecule has 20 heavy (non-hydrogen) atoms. The van der Waals surface area contributed by atoms with E-state index >= 15 is 0 Å². The van der Waals surface area contributed by atoms with Crippen LogP contribution in [0.5, 0.6) is 5.88 Å². The number of aliphatic hydroxyl groups excluding tert-OH is 1. The summed E-state index contributed by atoms with van der Waals surface area (Å²) in [6.45, 7) is 0.0811. The van der Waals surface area contributed by atoms with Gasteiger partial charge in [0.05, 0.1) is 0 Å². The van der Waals surface area contributed by atoms with Crippen molar-refractivity contribution in [2.45, 2.75) is 24.5 Å². The molecule has 3 N–H and O–H groups in total. The summed E-state index contributed by atoms with van der Waals surface area (Å²) in [4.78, 5) is 24.9. The summed E-state index contributed by atoms with van der Waals surface area (Å²) in [6, 6.07) is 1.21. The Kier molecular flexibility index (Phi) is 3.32. The van der Waals surface area contributed by atoms with Gasteiger partial charge < -0.3 is 0 Å². The molecule has 0 spiro atoms. The number of fused-ring (bicyclic) bond motifs is 1. The summed E-state index contributed by atoms with van der Waals surface area (Å²) in [7, 11) is -1.81. The SMILES string of the molecule is B[PH]1(O)OCC2OC(n3ccc(O)nc3=O)C(O)[C@@H]2O1. The Bertz CT molecular complexity index is 582. The Morgan fingerprint density at radius 2 is 2.30 bits per heavy atom. The topological polar surface area (TPSA) is 123 Å². The van der Waals surface area contributed by atoms with Crippen molar-refractivity contribution < 1.29 is 28.9 Å². The molecule has 11 heteroatoms. The van der Waals surface area contributed by atoms with Gasteiger partial charge in [0.2, 0.25) is 0 Å². The van der Waals surface area contributed by atoms with E-state index in [-0.39, 0.29) is 6.61 Å². The standard InChI is InChI=1S/C9H14BN2O7P/c10-20(16)17-3-4-7(19-20)6(14)8(18-4)12-2-1-5(13)11-9(12)15/h1-2,4,6-8,14,16,20H,3,10H2,(H,11,13,15)/t4?,6?,7-,8?/m1/s1. The van der Waals surface area contributed by atoms with Crippen LogP contribution in [0.3, 0.4) is 0 Å². The van der Waals surface area contributed by atoms with E-state index in [2.05, 4.69) is 4.98 Å². The zero-order valence-electron chi connectivity index (χ0n) is 10.5. The van der Waals surface area contributed by atoms with Gasteiger partial charge in [-0.1, -0.05) is 0 Å². The third-order valence-electron chi connectivity index (χ3n) is 3.27. The van der Waals surface area contributed by atoms with Crippen LogP contribution in [0.1, 0.15) is 6.23 Å². The van der Waals surface area contributed by atoms with Crippen molar-refractivity contribution in [2.75, 3.05) is 6.61 Å². The number of aromatic nitrogens is 2. The second-order valence-electron chi connectivity index (χ2n) is 4.82. The van der Waals surface area contributed by atoms with Gasteiger partial charge in [0.1, 0.15) is 0 Å². The second kappa shape index (κ2) is 4.76. The van der Waals surface area contributed by atoms with Crippen molar-refractivity contribution >= 4 is 15.4 Å². The molecule has 4 atom stereocenters. The molecule has 9 nitrogen and oxygen atoms in total. The summed E-state index contributed by atoms with van der Waals surface area (Å²) >= 11 is 0. The van der Waals surface area contributed by atoms with Gasteiger partial charge in [-0.15, -0.1) is 0 Å². The minimum atomic E-state index is -3.25. The van der Waals surface area contributed by atoms with E-state index in [9.17, 15) is 14.8 Å². The van der Waals surface area contributed by atoms with Crippen molar-refractivity contribution in [1.29, 1.82) is 0 Å². The van der Waals surface area contributed by atoms with Crippen molar-refractivity contribution in [1.82, 2.24) is 9.55 Å². The van der Waals surface area contributed by atoms with Crippen molar-refractivity contribution in [3.05, 3.63) is 22.7 Å². The molecule has 0 saturated carbocycles. The van der Waals surface area contributed by atoms with Gasteiger partial charge in [-0.2, -0.15) is 0 Å². The first-order chi connectivity index (χ1) is 9.37. The molecule has 0 amide bonds. The predicted molar refractivity (Wildman–Crippen MR) is 70.0 cm³/mol. The van der Waals surface area contributed by atoms with Crippen LogP contribution >= 0.6 is 7.82 Å². The van der Waals surface area contributed by atoms with Gasteiger partial charge in [0.15, 0.2) is 0 Å². The van der Waals surface area contributed by atoms with Gasteiger partial charge in [-0.05, 0) is 0 Å². The molecule has 3 heterocycles. The normalized spacial score (nSPS) is 37.3. The van der Waals surface area contributed by atoms with Crippen LogP contribution in [0.15, 0.2) is 17.1 Å². The summed E-state index contributed by atoms with van der Waals surface area (Å²) in [6.07, 6.45) is -2.23. The van der Waals surface area contributed by atoms with Crippen molar-refractivity contribution in [2.24, 2.45) is 0 Å². The molecular formula is C9H14BN2O7P. The molecule has 0 radical (unpaired) electrons. The number of aromatic hydroxyl groups is 1. The third kappa shape index (κ3) is 2.35. The Balaban J connectivity index is 1.88. The fraction of sp³-hybridized carbons (Fsp3) is 0.556. The minimum absolute atomic E-state index is 0.0811. The van der Waals surface area contributed by atoms with E-state index < -0.39 is 43.9 Å². The van der Waals surface area contributed by atoms with Gasteiger partial charge in [0, 0.05) is 0 Å². The molecule has 110 valence electrons. The van der Waals surface area contributed by atoms with E-state index in [1.54, 1.807) is 0 Å². The van der Waals surface area contributed by atoms with Gasteiger partial charge in [0.25, 0.3) is 0 Å². The summed E-state index contributed by atoms with van der Waals surface area (Å²) in [5, 5.41) is 19.3. The van der Waals surface area contributed by atoms with E-state index in [0.717, 1.165) is 4.57 Å². The predicted octanol–water partition coefficient (Wildman–Crippen LogP) is -2.34. The number of hydrogen-bond acceptors (Lipinski definition) is 8. The molecular weight excluding hydrogens is 290 g/mol. The maximum absolute atomic E-state index is 11.7. The van der Waals surface area contributed by atoms with Gasteiger partial charge >= 0.3 is 114 Å². The first-order valence-corrected chi connectivity index (χ1v) is 8.29. The van der Waals surface area contributed by atoms with Gasteiger partial charge in [-0.25, -0.2) is 0 Å². The molecule has 1 aromatic heterocycles. The second-order valence-corrected chi connectivity index (χ2v) is 7.14. The molecule has 3 unspecified atom stereocenters. The van der Waals surface area contributed by atoms with E-state index in [0.29, 0.717) is 0 Å². The number of ether oxygens (including phenoxy) is 1. The fourth-order valence-corrected chi connectivity index (χ4v) is 3.69. The van der Waals surface area contributed by atoms with Crippen molar-refractivity contribution in [3.8, 4) is 5.88 Å². The molecule has 0 aromatic carbocycles. The summed E-state index contributed by atoms with van der Waals surface area (Å²) < 4.78 is 17.1. The average Bonchev–Trinajstić information content (AvgIpc) is 2.66. The van der Waals surface area contributed by atoms with Crippen LogP contribution in [-0.4, -0.2) is 57.1 Å². The Morgan fingerprint density at radius 3 is 3.00 bits per heavy atom. The molecule has 2 aliphatic rings. The van der Waals surface area contributed by atoms with Crippen molar-refractivity contribution in [3.63, 3.8) is 0 Å². The number of aliphatic hydroxyl groups is 1. The first kappa shape index (κ1) is 13.9. The van der Waals surface area contributed by atoms with Crippen LogP contribution in [0, 0.1) is 0 Å². The van der Waals surface area contributed by atoms with Crippen LogP contribution in [-0.2, 0) is 13.8 Å². The quantitative estimate of drug-likeness (QED) is 0.389. The molecule has 0 aliphatic carbocycles. The van der Waals surface area contributed by atoms with Crippen LogP contribution in [0.2, 0.25) is 0 Å². The maximum atomic E-state index is 11.7. The Hall–Kier alpha value is -1.03. The zero-order valence-corrected chi connectivity index (χ0v) is 11.5. The first-order valence-electron chi connectivity index (χ1n) is 6.03. The molecule has 2 saturated heterocycles. The van der Waals surface area contributed by atoms with Crippen LogP contribution in [0.4, 0.5) is 0 Å². The third-order valence-corrected chi connectivity index (χ3v) is 4.68. The number of rotatable bonds is 1. The molecule has 2 aliphatic heterocycles. The fourth-order valence-electron chi connectivity index (χ4n) is 2.35. The molecule has 3 rings (SSSR count). The molecule has 1 aromatic rings. The Labute approximate surface area is 114 Å². The van der Waals surface area contributed by atoms with E-state index in [4.69, 9.17) is 18.9 Å². The Morgan fingerprint density at radius 1 is 1.55 bits per heavy atom. The van der Waals surface area contributed by atoms with Gasteiger partial charge in [-0.3, -0.25) is 0 Å². The van der Waals surface area contributed by atoms with Crippen LogP contribution in [0.25, 0.3) is 0 Å².